The van der Waals surface area contributed by atoms with Crippen LogP contribution in [0.3, 0.4) is 0 Å². The van der Waals surface area contributed by atoms with E-state index in [1.165, 1.54) is 27.8 Å². The molecule has 2 heterocycles. The Kier molecular flexibility index (Phi) is 4.45. The topological polar surface area (TPSA) is 93.8 Å². The summed E-state index contributed by atoms with van der Waals surface area (Å²) >= 11 is 6.24. The maximum absolute atomic E-state index is 10.7. The third-order valence-corrected chi connectivity index (χ3v) is 4.98. The number of hydrogen-bond acceptors (Lipinski definition) is 7. The molecule has 0 saturated heterocycles. The molecule has 0 aliphatic rings. The minimum atomic E-state index is -0.991. The Morgan fingerprint density at radius 2 is 2.20 bits per heavy atom. The third kappa shape index (κ3) is 3.55. The van der Waals surface area contributed by atoms with E-state index in [0.29, 0.717) is 5.16 Å². The SMILES string of the molecule is CC(C)(C)c1nc(Sc2nnnn2CC(=O)O)sc1Br. The Morgan fingerprint density at radius 1 is 1.50 bits per heavy atom. The van der Waals surface area contributed by atoms with Gasteiger partial charge in [-0.25, -0.2) is 9.67 Å². The number of carboxylic acid groups (broad SMARTS) is 1. The van der Waals surface area contributed by atoms with Gasteiger partial charge >= 0.3 is 5.97 Å². The summed E-state index contributed by atoms with van der Waals surface area (Å²) in [6.45, 7) is 5.97. The lowest BCUT2D eigenvalue weighted by atomic mass is 9.93. The zero-order valence-corrected chi connectivity index (χ0v) is 14.2. The lowest BCUT2D eigenvalue weighted by molar-refractivity contribution is -0.138. The lowest BCUT2D eigenvalue weighted by Gasteiger charge is -2.15. The summed E-state index contributed by atoms with van der Waals surface area (Å²) < 4.78 is 2.96. The zero-order chi connectivity index (χ0) is 14.9. The van der Waals surface area contributed by atoms with E-state index in [1.807, 2.05) is 0 Å². The summed E-state index contributed by atoms with van der Waals surface area (Å²) in [7, 11) is 0. The molecule has 0 atom stereocenters. The largest absolute Gasteiger partial charge is 0.480 e. The second kappa shape index (κ2) is 5.78. The molecule has 0 fully saturated rings. The Bertz CT molecular complexity index is 634. The molecule has 2 rings (SSSR count). The lowest BCUT2D eigenvalue weighted by Crippen LogP contribution is -2.12. The number of carbonyl (C=O) groups is 1. The van der Waals surface area contributed by atoms with Crippen molar-refractivity contribution in [2.24, 2.45) is 0 Å². The third-order valence-electron chi connectivity index (χ3n) is 2.24. The van der Waals surface area contributed by atoms with E-state index < -0.39 is 5.97 Å². The minimum absolute atomic E-state index is 0.0683. The van der Waals surface area contributed by atoms with Crippen molar-refractivity contribution in [3.8, 4) is 0 Å². The molecule has 0 spiro atoms. The van der Waals surface area contributed by atoms with E-state index in [-0.39, 0.29) is 12.0 Å². The predicted octanol–water partition coefficient (Wildman–Crippen LogP) is 2.43. The highest BCUT2D eigenvalue weighted by Gasteiger charge is 2.23. The molecule has 0 aliphatic heterocycles. The second-order valence-corrected chi connectivity index (χ2v) is 8.50. The Morgan fingerprint density at radius 3 is 2.75 bits per heavy atom. The summed E-state index contributed by atoms with van der Waals surface area (Å²) in [6.07, 6.45) is 0. The number of tetrazole rings is 1. The van der Waals surface area contributed by atoms with Crippen molar-refractivity contribution in [2.45, 2.75) is 42.2 Å². The van der Waals surface area contributed by atoms with Gasteiger partial charge in [0.1, 0.15) is 6.54 Å². The molecule has 1 N–H and O–H groups in total. The Labute approximate surface area is 131 Å². The first-order valence-electron chi connectivity index (χ1n) is 5.60. The van der Waals surface area contributed by atoms with Crippen LogP contribution in [0.5, 0.6) is 0 Å². The summed E-state index contributed by atoms with van der Waals surface area (Å²) in [6, 6.07) is 0. The maximum Gasteiger partial charge on any atom is 0.325 e. The van der Waals surface area contributed by atoms with Crippen LogP contribution in [0.1, 0.15) is 26.5 Å². The molecule has 0 bridgehead atoms. The van der Waals surface area contributed by atoms with E-state index in [4.69, 9.17) is 5.11 Å². The maximum atomic E-state index is 10.7. The van der Waals surface area contributed by atoms with E-state index >= 15 is 0 Å². The molecule has 108 valence electrons. The predicted molar refractivity (Wildman–Crippen MR) is 78.1 cm³/mol. The molecule has 0 aromatic carbocycles. The summed E-state index contributed by atoms with van der Waals surface area (Å²) in [5.41, 5.74) is 0.892. The standard InChI is InChI=1S/C10H12BrN5O2S2/c1-10(2,3)6-7(11)19-9(12-6)20-8-13-14-15-16(8)4-5(17)18/h4H2,1-3H3,(H,17,18). The van der Waals surface area contributed by atoms with Crippen LogP contribution in [-0.4, -0.2) is 36.3 Å². The molecule has 0 aliphatic carbocycles. The van der Waals surface area contributed by atoms with Crippen molar-refractivity contribution in [3.63, 3.8) is 0 Å². The average Bonchev–Trinajstić information content (AvgIpc) is 2.85. The van der Waals surface area contributed by atoms with Gasteiger partial charge in [-0.2, -0.15) is 0 Å². The molecule has 0 amide bonds. The van der Waals surface area contributed by atoms with Crippen LogP contribution in [0.2, 0.25) is 0 Å². The number of nitrogens with zero attached hydrogens (tertiary/aromatic N) is 5. The van der Waals surface area contributed by atoms with Crippen molar-refractivity contribution in [1.82, 2.24) is 25.2 Å². The first-order valence-corrected chi connectivity index (χ1v) is 8.02. The van der Waals surface area contributed by atoms with Crippen molar-refractivity contribution in [3.05, 3.63) is 9.48 Å². The van der Waals surface area contributed by atoms with Crippen molar-refractivity contribution < 1.29 is 9.90 Å². The van der Waals surface area contributed by atoms with E-state index in [0.717, 1.165) is 13.8 Å². The molecule has 0 unspecified atom stereocenters. The van der Waals surface area contributed by atoms with Gasteiger partial charge in [0, 0.05) is 5.41 Å². The highest BCUT2D eigenvalue weighted by Crippen LogP contribution is 2.39. The Hall–Kier alpha value is -1.00. The van der Waals surface area contributed by atoms with Gasteiger partial charge < -0.3 is 5.11 Å². The quantitative estimate of drug-likeness (QED) is 0.873. The van der Waals surface area contributed by atoms with Gasteiger partial charge in [-0.05, 0) is 38.1 Å². The van der Waals surface area contributed by atoms with Crippen molar-refractivity contribution in [2.75, 3.05) is 0 Å². The van der Waals surface area contributed by atoms with Crippen molar-refractivity contribution >= 4 is 45.0 Å². The van der Waals surface area contributed by atoms with Gasteiger partial charge in [-0.15, -0.1) is 5.10 Å². The number of carboxylic acids is 1. The van der Waals surface area contributed by atoms with Gasteiger partial charge in [-0.1, -0.05) is 32.1 Å². The van der Waals surface area contributed by atoms with E-state index in [9.17, 15) is 4.79 Å². The first-order chi connectivity index (χ1) is 9.27. The molecule has 0 saturated carbocycles. The number of thiazole rings is 1. The van der Waals surface area contributed by atoms with E-state index in [2.05, 4.69) is 57.2 Å². The fourth-order valence-electron chi connectivity index (χ4n) is 1.36. The molecule has 20 heavy (non-hydrogen) atoms. The van der Waals surface area contributed by atoms with E-state index in [1.54, 1.807) is 0 Å². The van der Waals surface area contributed by atoms with Crippen LogP contribution < -0.4 is 0 Å². The molecule has 2 aromatic heterocycles. The Balaban J connectivity index is 2.23. The number of aliphatic carboxylic acids is 1. The first kappa shape index (κ1) is 15.4. The average molecular weight is 378 g/mol. The highest BCUT2D eigenvalue weighted by atomic mass is 79.9. The van der Waals surface area contributed by atoms with Crippen LogP contribution in [0.15, 0.2) is 13.3 Å². The molecular weight excluding hydrogens is 366 g/mol. The van der Waals surface area contributed by atoms with Crippen LogP contribution in [0.25, 0.3) is 0 Å². The van der Waals surface area contributed by atoms with Gasteiger partial charge in [0.2, 0.25) is 5.16 Å². The molecular formula is C10H12BrN5O2S2. The van der Waals surface area contributed by atoms with Crippen LogP contribution in [0, 0.1) is 0 Å². The highest BCUT2D eigenvalue weighted by molar-refractivity contribution is 9.11. The number of hydrogen-bond donors (Lipinski definition) is 1. The number of halogens is 1. The van der Waals surface area contributed by atoms with Gasteiger partial charge in [0.15, 0.2) is 4.34 Å². The smallest absolute Gasteiger partial charge is 0.325 e. The number of aromatic nitrogens is 5. The number of rotatable bonds is 4. The fourth-order valence-corrected chi connectivity index (χ4v) is 4.78. The zero-order valence-electron chi connectivity index (χ0n) is 11.0. The van der Waals surface area contributed by atoms with Gasteiger partial charge in [-0.3, -0.25) is 4.79 Å². The summed E-state index contributed by atoms with van der Waals surface area (Å²) in [4.78, 5) is 15.3. The minimum Gasteiger partial charge on any atom is -0.480 e. The van der Waals surface area contributed by atoms with Crippen LogP contribution in [0.4, 0.5) is 0 Å². The monoisotopic (exact) mass is 377 g/mol. The van der Waals surface area contributed by atoms with Crippen molar-refractivity contribution in [1.29, 1.82) is 0 Å². The normalized spacial score (nSPS) is 11.8. The summed E-state index contributed by atoms with van der Waals surface area (Å²) in [5.74, 6) is -0.991. The molecule has 2 aromatic rings. The second-order valence-electron chi connectivity index (χ2n) is 4.97. The molecule has 0 radical (unpaired) electrons. The van der Waals surface area contributed by atoms with Gasteiger partial charge in [0.05, 0.1) is 9.48 Å². The van der Waals surface area contributed by atoms with Crippen LogP contribution >= 0.6 is 39.0 Å². The summed E-state index contributed by atoms with van der Waals surface area (Å²) in [5, 5.41) is 20.2. The molecule has 10 heteroatoms. The van der Waals surface area contributed by atoms with Gasteiger partial charge in [0.25, 0.3) is 0 Å². The van der Waals surface area contributed by atoms with Crippen LogP contribution in [-0.2, 0) is 16.8 Å². The fraction of sp³-hybridized carbons (Fsp3) is 0.500. The molecule has 7 nitrogen and oxygen atoms in total.